The number of hydrogen-bond donors (Lipinski definition) is 1. The Morgan fingerprint density at radius 2 is 1.67 bits per heavy atom. The molecule has 3 rings (SSSR count). The highest BCUT2D eigenvalue weighted by atomic mass is 35.5. The summed E-state index contributed by atoms with van der Waals surface area (Å²) in [7, 11) is -3.45. The average molecular weight is 407 g/mol. The number of halogens is 1. The van der Waals surface area contributed by atoms with Crippen molar-refractivity contribution < 1.29 is 13.2 Å². The lowest BCUT2D eigenvalue weighted by Crippen LogP contribution is -2.37. The lowest BCUT2D eigenvalue weighted by Gasteiger charge is -2.29. The van der Waals surface area contributed by atoms with Crippen molar-refractivity contribution in [2.24, 2.45) is 5.92 Å². The topological polar surface area (TPSA) is 66.5 Å². The Morgan fingerprint density at radius 3 is 2.26 bits per heavy atom. The first-order chi connectivity index (χ1) is 12.9. The second-order valence-electron chi connectivity index (χ2n) is 6.89. The molecule has 7 heteroatoms. The number of ketones is 1. The Morgan fingerprint density at radius 1 is 1.07 bits per heavy atom. The molecule has 1 heterocycles. The second-order valence-corrected chi connectivity index (χ2v) is 9.27. The Bertz CT molecular complexity index is 888. The fourth-order valence-corrected chi connectivity index (χ4v) is 4.63. The van der Waals surface area contributed by atoms with E-state index in [1.807, 2.05) is 0 Å². The summed E-state index contributed by atoms with van der Waals surface area (Å²) in [6.07, 6.45) is 1.79. The number of hydrogen-bond acceptors (Lipinski definition) is 4. The normalized spacial score (nSPS) is 16.2. The quantitative estimate of drug-likeness (QED) is 0.735. The molecule has 0 saturated carbocycles. The number of anilines is 1. The molecule has 1 aliphatic heterocycles. The molecule has 5 nitrogen and oxygen atoms in total. The van der Waals surface area contributed by atoms with Crippen LogP contribution in [0.1, 0.15) is 30.1 Å². The van der Waals surface area contributed by atoms with Gasteiger partial charge in [0.05, 0.1) is 11.4 Å². The van der Waals surface area contributed by atoms with Crippen LogP contribution in [0.2, 0.25) is 5.02 Å². The Labute approximate surface area is 165 Å². The highest BCUT2D eigenvalue weighted by Crippen LogP contribution is 2.24. The van der Waals surface area contributed by atoms with Crippen LogP contribution in [0, 0.1) is 5.92 Å². The molecule has 2 aromatic carbocycles. The molecular formula is C20H23ClN2O3S. The molecule has 0 aromatic heterocycles. The summed E-state index contributed by atoms with van der Waals surface area (Å²) in [5.41, 5.74) is 1.27. The maximum atomic E-state index is 12.7. The van der Waals surface area contributed by atoms with Crippen LogP contribution in [0.25, 0.3) is 0 Å². The van der Waals surface area contributed by atoms with Crippen molar-refractivity contribution in [3.8, 4) is 0 Å². The molecule has 0 spiro atoms. The lowest BCUT2D eigenvalue weighted by atomic mass is 10.0. The van der Waals surface area contributed by atoms with E-state index < -0.39 is 10.0 Å². The van der Waals surface area contributed by atoms with Crippen molar-refractivity contribution >= 4 is 33.1 Å². The number of rotatable bonds is 6. The van der Waals surface area contributed by atoms with Crippen LogP contribution in [0.3, 0.4) is 0 Å². The smallest absolute Gasteiger partial charge is 0.243 e. The minimum atomic E-state index is -3.45. The third kappa shape index (κ3) is 4.89. The Kier molecular flexibility index (Phi) is 6.19. The van der Waals surface area contributed by atoms with Gasteiger partial charge in [0, 0.05) is 29.4 Å². The van der Waals surface area contributed by atoms with E-state index in [4.69, 9.17) is 11.6 Å². The number of sulfonamides is 1. The van der Waals surface area contributed by atoms with Crippen molar-refractivity contribution in [1.82, 2.24) is 4.31 Å². The molecule has 144 valence electrons. The molecule has 27 heavy (non-hydrogen) atoms. The van der Waals surface area contributed by atoms with Crippen LogP contribution in [0.4, 0.5) is 5.69 Å². The van der Waals surface area contributed by atoms with E-state index in [0.717, 1.165) is 12.8 Å². The second kappa shape index (κ2) is 8.42. The summed E-state index contributed by atoms with van der Waals surface area (Å²) in [6, 6.07) is 13.3. The summed E-state index contributed by atoms with van der Waals surface area (Å²) in [6.45, 7) is 3.41. The Hall–Kier alpha value is -1.89. The molecule has 1 fully saturated rings. The predicted molar refractivity (Wildman–Crippen MR) is 108 cm³/mol. The number of Topliss-reactive ketones (excluding diaryl/α,β-unsaturated/α-hetero) is 1. The highest BCUT2D eigenvalue weighted by molar-refractivity contribution is 7.89. The minimum absolute atomic E-state index is 0.0641. The van der Waals surface area contributed by atoms with Crippen LogP contribution in [-0.4, -0.2) is 38.1 Å². The number of carbonyl (C=O) groups excluding carboxylic acids is 1. The highest BCUT2D eigenvalue weighted by Gasteiger charge is 2.27. The van der Waals surface area contributed by atoms with Crippen LogP contribution in [-0.2, 0) is 10.0 Å². The molecule has 1 saturated heterocycles. The van der Waals surface area contributed by atoms with E-state index in [1.54, 1.807) is 52.8 Å². The Balaban J connectivity index is 1.61. The number of benzene rings is 2. The number of nitrogens with one attached hydrogen (secondary N) is 1. The van der Waals surface area contributed by atoms with E-state index in [1.165, 1.54) is 0 Å². The molecule has 0 bridgehead atoms. The van der Waals surface area contributed by atoms with E-state index in [9.17, 15) is 13.2 Å². The first-order valence-corrected chi connectivity index (χ1v) is 10.8. The van der Waals surface area contributed by atoms with Crippen molar-refractivity contribution in [1.29, 1.82) is 0 Å². The van der Waals surface area contributed by atoms with Gasteiger partial charge in [0.15, 0.2) is 5.78 Å². The zero-order chi connectivity index (χ0) is 19.4. The molecule has 1 N–H and O–H groups in total. The van der Waals surface area contributed by atoms with Gasteiger partial charge >= 0.3 is 0 Å². The van der Waals surface area contributed by atoms with Crippen LogP contribution in [0.15, 0.2) is 53.4 Å². The van der Waals surface area contributed by atoms with Gasteiger partial charge in [-0.05, 0) is 67.3 Å². The van der Waals surface area contributed by atoms with Gasteiger partial charge in [-0.3, -0.25) is 4.79 Å². The summed E-state index contributed by atoms with van der Waals surface area (Å²) in [5.74, 6) is 0.506. The summed E-state index contributed by atoms with van der Waals surface area (Å²) in [4.78, 5) is 12.5. The average Bonchev–Trinajstić information content (AvgIpc) is 2.67. The number of piperidine rings is 1. The largest absolute Gasteiger partial charge is 0.378 e. The van der Waals surface area contributed by atoms with Crippen LogP contribution in [0.5, 0.6) is 0 Å². The van der Waals surface area contributed by atoms with Crippen molar-refractivity contribution in [3.05, 3.63) is 59.1 Å². The van der Waals surface area contributed by atoms with Gasteiger partial charge in [0.1, 0.15) is 0 Å². The number of nitrogens with zero attached hydrogens (tertiary/aromatic N) is 1. The van der Waals surface area contributed by atoms with E-state index >= 15 is 0 Å². The fraction of sp³-hybridized carbons (Fsp3) is 0.350. The van der Waals surface area contributed by atoms with Crippen molar-refractivity contribution in [2.75, 3.05) is 25.0 Å². The van der Waals surface area contributed by atoms with E-state index in [-0.39, 0.29) is 17.2 Å². The monoisotopic (exact) mass is 406 g/mol. The maximum absolute atomic E-state index is 12.7. The molecule has 0 radical (unpaired) electrons. The van der Waals surface area contributed by atoms with Crippen molar-refractivity contribution in [3.63, 3.8) is 0 Å². The molecule has 2 aromatic rings. The van der Waals surface area contributed by atoms with Gasteiger partial charge in [-0.25, -0.2) is 8.42 Å². The first kappa shape index (κ1) is 19.9. The summed E-state index contributed by atoms with van der Waals surface area (Å²) >= 11 is 5.82. The fourth-order valence-electron chi connectivity index (χ4n) is 3.04. The molecular weight excluding hydrogens is 384 g/mol. The van der Waals surface area contributed by atoms with Crippen LogP contribution < -0.4 is 5.32 Å². The molecule has 0 aliphatic carbocycles. The lowest BCUT2D eigenvalue weighted by molar-refractivity contribution is 0.101. The van der Waals surface area contributed by atoms with E-state index in [2.05, 4.69) is 12.2 Å². The summed E-state index contributed by atoms with van der Waals surface area (Å²) in [5, 5.41) is 3.61. The van der Waals surface area contributed by atoms with Gasteiger partial charge < -0.3 is 5.32 Å². The minimum Gasteiger partial charge on any atom is -0.378 e. The van der Waals surface area contributed by atoms with Gasteiger partial charge in [0.25, 0.3) is 0 Å². The molecule has 1 aliphatic rings. The van der Waals surface area contributed by atoms with E-state index in [0.29, 0.717) is 35.3 Å². The summed E-state index contributed by atoms with van der Waals surface area (Å²) < 4.78 is 27.0. The SMILES string of the molecule is CC1CCN(S(=O)(=O)c2ccc(NCC(=O)c3ccc(Cl)cc3)cc2)CC1. The number of carbonyl (C=O) groups is 1. The maximum Gasteiger partial charge on any atom is 0.243 e. The zero-order valence-electron chi connectivity index (χ0n) is 15.2. The van der Waals surface area contributed by atoms with Gasteiger partial charge in [-0.2, -0.15) is 4.31 Å². The standard InChI is InChI=1S/C20H23ClN2O3S/c1-15-10-12-23(13-11-15)27(25,26)19-8-6-18(7-9-19)22-14-20(24)16-2-4-17(21)5-3-16/h2-9,15,22H,10-14H2,1H3. The molecule has 0 unspecified atom stereocenters. The first-order valence-electron chi connectivity index (χ1n) is 8.99. The third-order valence-electron chi connectivity index (χ3n) is 4.85. The zero-order valence-corrected chi connectivity index (χ0v) is 16.8. The van der Waals surface area contributed by atoms with Crippen LogP contribution >= 0.6 is 11.6 Å². The van der Waals surface area contributed by atoms with Gasteiger partial charge in [-0.15, -0.1) is 0 Å². The predicted octanol–water partition coefficient (Wildman–Crippen LogP) is 4.06. The van der Waals surface area contributed by atoms with Crippen molar-refractivity contribution in [2.45, 2.75) is 24.7 Å². The molecule has 0 amide bonds. The molecule has 0 atom stereocenters. The third-order valence-corrected chi connectivity index (χ3v) is 7.02. The van der Waals surface area contributed by atoms with Gasteiger partial charge in [0.2, 0.25) is 10.0 Å². The van der Waals surface area contributed by atoms with Gasteiger partial charge in [-0.1, -0.05) is 18.5 Å².